The summed E-state index contributed by atoms with van der Waals surface area (Å²) in [6.07, 6.45) is 0. The van der Waals surface area contributed by atoms with E-state index < -0.39 is 24.0 Å². The van der Waals surface area contributed by atoms with Crippen LogP contribution < -0.4 is 0 Å². The van der Waals surface area contributed by atoms with Gasteiger partial charge in [0.05, 0.1) is 31.9 Å². The van der Waals surface area contributed by atoms with Crippen LogP contribution in [-0.4, -0.2) is 42.3 Å². The van der Waals surface area contributed by atoms with Crippen LogP contribution in [0.15, 0.2) is 83.5 Å². The van der Waals surface area contributed by atoms with Crippen molar-refractivity contribution in [3.8, 4) is 0 Å². The van der Waals surface area contributed by atoms with E-state index in [1.54, 1.807) is 0 Å². The molecule has 0 saturated carbocycles. The van der Waals surface area contributed by atoms with Crippen LogP contribution in [0.2, 0.25) is 0 Å². The average molecular weight is 381 g/mol. The number of nitrogens with zero attached hydrogens (tertiary/aromatic N) is 1. The van der Waals surface area contributed by atoms with E-state index in [-0.39, 0.29) is 16.9 Å². The Kier molecular flexibility index (Phi) is 5.70. The van der Waals surface area contributed by atoms with Gasteiger partial charge in [-0.15, -0.1) is 0 Å². The zero-order valence-corrected chi connectivity index (χ0v) is 16.0. The van der Waals surface area contributed by atoms with Gasteiger partial charge in [0.15, 0.2) is 0 Å². The lowest BCUT2D eigenvalue weighted by Crippen LogP contribution is -2.39. The van der Waals surface area contributed by atoms with Gasteiger partial charge in [-0.1, -0.05) is 60.7 Å². The molecule has 0 spiro atoms. The minimum Gasteiger partial charge on any atom is -0.507 e. The smallest absolute Gasteiger partial charge is 0.339 e. The third-order valence-corrected chi connectivity index (χ3v) is 4.93. The highest BCUT2D eigenvalue weighted by Crippen LogP contribution is 2.47. The van der Waals surface area contributed by atoms with Gasteiger partial charge in [0.2, 0.25) is 0 Å². The Labute approximate surface area is 163 Å². The van der Waals surface area contributed by atoms with E-state index >= 15 is 0 Å². The number of hydrogen-bond acceptors (Lipinski definition) is 6. The van der Waals surface area contributed by atoms with Crippen LogP contribution in [-0.2, 0) is 14.3 Å². The lowest BCUT2D eigenvalue weighted by Gasteiger charge is -2.41. The summed E-state index contributed by atoms with van der Waals surface area (Å²) >= 11 is 0. The molecular formula is C22H23NO5. The minimum absolute atomic E-state index is 0.0435. The molecule has 0 amide bonds. The van der Waals surface area contributed by atoms with Crippen LogP contribution in [0.1, 0.15) is 23.2 Å². The number of aliphatic hydroxyl groups excluding tert-OH is 2. The summed E-state index contributed by atoms with van der Waals surface area (Å²) in [6.45, 7) is 0. The fourth-order valence-corrected chi connectivity index (χ4v) is 3.68. The number of carbonyl (C=O) groups excluding carboxylic acids is 1. The largest absolute Gasteiger partial charge is 0.507 e. The molecule has 3 rings (SSSR count). The number of methoxy groups -OCH3 is 2. The van der Waals surface area contributed by atoms with Crippen molar-refractivity contribution in [3.05, 3.63) is 94.6 Å². The van der Waals surface area contributed by atoms with Crippen molar-refractivity contribution in [1.29, 1.82) is 0 Å². The standard InChI is InChI=1S/C22H23NO5/c1-23-18(14-10-6-4-7-11-14)16(21(25)27-2)20(24)17(22(26)28-3)19(23)15-12-8-5-9-13-15/h4-13,18-19,24-25H,1-3H3/b21-16-. The van der Waals surface area contributed by atoms with Gasteiger partial charge in [-0.05, 0) is 18.2 Å². The first kappa shape index (κ1) is 19.5. The third-order valence-electron chi connectivity index (χ3n) is 4.93. The minimum atomic E-state index is -0.675. The highest BCUT2D eigenvalue weighted by atomic mass is 16.6. The molecule has 2 N–H and O–H groups in total. The van der Waals surface area contributed by atoms with Crippen molar-refractivity contribution in [3.63, 3.8) is 0 Å². The Bertz CT molecular complexity index is 905. The Hall–Kier alpha value is -3.25. The molecule has 1 aliphatic heterocycles. The number of benzene rings is 2. The first-order valence-electron chi connectivity index (χ1n) is 8.82. The van der Waals surface area contributed by atoms with E-state index in [4.69, 9.17) is 9.47 Å². The molecule has 0 aliphatic carbocycles. The molecule has 0 aromatic heterocycles. The molecule has 2 atom stereocenters. The Balaban J connectivity index is 2.32. The Morgan fingerprint density at radius 3 is 1.86 bits per heavy atom. The lowest BCUT2D eigenvalue weighted by atomic mass is 9.83. The van der Waals surface area contributed by atoms with E-state index in [1.807, 2.05) is 72.6 Å². The maximum absolute atomic E-state index is 12.6. The molecule has 0 fully saturated rings. The molecule has 2 aromatic rings. The van der Waals surface area contributed by atoms with Gasteiger partial charge in [0, 0.05) is 0 Å². The molecule has 28 heavy (non-hydrogen) atoms. The van der Waals surface area contributed by atoms with Crippen LogP contribution in [0, 0.1) is 0 Å². The average Bonchev–Trinajstić information content (AvgIpc) is 2.74. The Morgan fingerprint density at radius 1 is 0.893 bits per heavy atom. The highest BCUT2D eigenvalue weighted by Gasteiger charge is 2.44. The molecular weight excluding hydrogens is 358 g/mol. The van der Waals surface area contributed by atoms with Gasteiger partial charge in [-0.3, -0.25) is 4.90 Å². The quantitative estimate of drug-likeness (QED) is 0.619. The fraction of sp³-hybridized carbons (Fsp3) is 0.227. The topological polar surface area (TPSA) is 79.2 Å². The predicted molar refractivity (Wildman–Crippen MR) is 104 cm³/mol. The van der Waals surface area contributed by atoms with Crippen LogP contribution in [0.3, 0.4) is 0 Å². The van der Waals surface area contributed by atoms with Gasteiger partial charge >= 0.3 is 5.97 Å². The first-order chi connectivity index (χ1) is 13.5. The van der Waals surface area contributed by atoms with E-state index in [0.717, 1.165) is 11.1 Å². The maximum Gasteiger partial charge on any atom is 0.339 e. The number of rotatable bonds is 4. The summed E-state index contributed by atoms with van der Waals surface area (Å²) in [5.41, 5.74) is 1.81. The number of hydrogen-bond donors (Lipinski definition) is 2. The second-order valence-electron chi connectivity index (χ2n) is 6.47. The van der Waals surface area contributed by atoms with E-state index in [0.29, 0.717) is 0 Å². The van der Waals surface area contributed by atoms with Crippen LogP contribution >= 0.6 is 0 Å². The number of aliphatic hydroxyl groups is 2. The summed E-state index contributed by atoms with van der Waals surface area (Å²) in [5.74, 6) is -1.47. The van der Waals surface area contributed by atoms with Crippen LogP contribution in [0.25, 0.3) is 0 Å². The Morgan fingerprint density at radius 2 is 1.39 bits per heavy atom. The molecule has 0 saturated heterocycles. The predicted octanol–water partition coefficient (Wildman–Crippen LogP) is 3.82. The van der Waals surface area contributed by atoms with E-state index in [9.17, 15) is 15.0 Å². The van der Waals surface area contributed by atoms with Gasteiger partial charge in [0.1, 0.15) is 11.3 Å². The normalized spacial score (nSPS) is 22.0. The summed E-state index contributed by atoms with van der Waals surface area (Å²) in [7, 11) is 4.39. The van der Waals surface area contributed by atoms with Crippen LogP contribution in [0.4, 0.5) is 0 Å². The number of carbonyl (C=O) groups is 1. The molecule has 2 unspecified atom stereocenters. The zero-order chi connectivity index (χ0) is 20.3. The molecule has 1 heterocycles. The van der Waals surface area contributed by atoms with Gasteiger partial charge in [-0.25, -0.2) is 4.79 Å². The fourth-order valence-electron chi connectivity index (χ4n) is 3.68. The van der Waals surface area contributed by atoms with E-state index in [1.165, 1.54) is 14.2 Å². The molecule has 0 bridgehead atoms. The molecule has 0 radical (unpaired) electrons. The summed E-state index contributed by atoms with van der Waals surface area (Å²) < 4.78 is 9.96. The lowest BCUT2D eigenvalue weighted by molar-refractivity contribution is -0.137. The SMILES string of the molecule is COC(=O)C1=C(O)/C(=C(/O)OC)C(c2ccccc2)N(C)C1c1ccccc1. The van der Waals surface area contributed by atoms with Gasteiger partial charge in [0.25, 0.3) is 5.95 Å². The monoisotopic (exact) mass is 381 g/mol. The number of esters is 1. The van der Waals surface area contributed by atoms with E-state index in [2.05, 4.69) is 0 Å². The van der Waals surface area contributed by atoms with Gasteiger partial charge < -0.3 is 19.7 Å². The van der Waals surface area contributed by atoms with Crippen molar-refractivity contribution in [1.82, 2.24) is 4.90 Å². The van der Waals surface area contributed by atoms with Crippen LogP contribution in [0.5, 0.6) is 0 Å². The summed E-state index contributed by atoms with van der Waals surface area (Å²) in [6, 6.07) is 17.7. The third kappa shape index (κ3) is 3.34. The summed E-state index contributed by atoms with van der Waals surface area (Å²) in [4.78, 5) is 14.5. The second kappa shape index (κ2) is 8.19. The number of ether oxygens (including phenoxy) is 2. The zero-order valence-electron chi connectivity index (χ0n) is 16.0. The van der Waals surface area contributed by atoms with Crippen molar-refractivity contribution >= 4 is 5.97 Å². The molecule has 2 aromatic carbocycles. The van der Waals surface area contributed by atoms with Crippen molar-refractivity contribution in [2.24, 2.45) is 0 Å². The first-order valence-corrected chi connectivity index (χ1v) is 8.82. The molecule has 1 aliphatic rings. The molecule has 146 valence electrons. The second-order valence-corrected chi connectivity index (χ2v) is 6.47. The van der Waals surface area contributed by atoms with Gasteiger partial charge in [-0.2, -0.15) is 0 Å². The van der Waals surface area contributed by atoms with Crippen molar-refractivity contribution in [2.75, 3.05) is 21.3 Å². The van der Waals surface area contributed by atoms with Crippen molar-refractivity contribution < 1.29 is 24.5 Å². The highest BCUT2D eigenvalue weighted by molar-refractivity contribution is 5.92. The summed E-state index contributed by atoms with van der Waals surface area (Å²) in [5, 5.41) is 21.5. The maximum atomic E-state index is 12.6. The molecule has 6 heteroatoms. The van der Waals surface area contributed by atoms with Crippen molar-refractivity contribution in [2.45, 2.75) is 12.1 Å². The molecule has 6 nitrogen and oxygen atoms in total. The number of likely N-dealkylation sites (N-methyl/N-ethyl adjacent to an activating group) is 1.